The molecule has 1 heterocycles. The molecule has 0 spiro atoms. The first-order valence-electron chi connectivity index (χ1n) is 9.55. The van der Waals surface area contributed by atoms with Gasteiger partial charge in [0.1, 0.15) is 0 Å². The SMILES string of the molecule is C/C=C\C=C/C.CCC.CCCCC/C=C/CCc1ccccn1. The monoisotopic (exact) mass is 329 g/mol. The smallest absolute Gasteiger partial charge is 0.0406 e. The van der Waals surface area contributed by atoms with Crippen molar-refractivity contribution in [3.05, 3.63) is 66.5 Å². The fourth-order valence-electron chi connectivity index (χ4n) is 1.75. The van der Waals surface area contributed by atoms with Gasteiger partial charge >= 0.3 is 0 Å². The molecule has 0 amide bonds. The van der Waals surface area contributed by atoms with Crippen LogP contribution in [0, 0.1) is 0 Å². The average Bonchev–Trinajstić information content (AvgIpc) is 2.61. The Kier molecular flexibility index (Phi) is 24.2. The van der Waals surface area contributed by atoms with Gasteiger partial charge in [0.15, 0.2) is 0 Å². The van der Waals surface area contributed by atoms with Crippen molar-refractivity contribution in [1.82, 2.24) is 4.98 Å². The second-order valence-corrected chi connectivity index (χ2v) is 5.59. The normalized spacial score (nSPS) is 10.5. The van der Waals surface area contributed by atoms with Crippen LogP contribution < -0.4 is 0 Å². The molecule has 0 radical (unpaired) electrons. The Labute approximate surface area is 151 Å². The van der Waals surface area contributed by atoms with Gasteiger partial charge in [-0.15, -0.1) is 0 Å². The Balaban J connectivity index is 0. The quantitative estimate of drug-likeness (QED) is 0.270. The van der Waals surface area contributed by atoms with Crippen LogP contribution in [0.4, 0.5) is 0 Å². The third-order valence-corrected chi connectivity index (χ3v) is 2.93. The van der Waals surface area contributed by atoms with E-state index in [9.17, 15) is 0 Å². The minimum atomic E-state index is 1.06. The lowest BCUT2D eigenvalue weighted by atomic mass is 10.1. The molecule has 0 fully saturated rings. The molecule has 1 aromatic rings. The molecule has 1 rings (SSSR count). The van der Waals surface area contributed by atoms with Crippen molar-refractivity contribution in [2.24, 2.45) is 0 Å². The third kappa shape index (κ3) is 22.6. The molecule has 1 heteroatoms. The van der Waals surface area contributed by atoms with Gasteiger partial charge in [-0.3, -0.25) is 4.98 Å². The highest BCUT2D eigenvalue weighted by molar-refractivity contribution is 5.04. The van der Waals surface area contributed by atoms with Crippen molar-refractivity contribution in [2.45, 2.75) is 79.6 Å². The molecule has 136 valence electrons. The van der Waals surface area contributed by atoms with E-state index in [0.29, 0.717) is 0 Å². The van der Waals surface area contributed by atoms with Gasteiger partial charge in [0, 0.05) is 11.9 Å². The molecule has 0 aliphatic carbocycles. The summed E-state index contributed by atoms with van der Waals surface area (Å²) in [5.41, 5.74) is 1.19. The van der Waals surface area contributed by atoms with Crippen LogP contribution in [-0.2, 0) is 6.42 Å². The summed E-state index contributed by atoms with van der Waals surface area (Å²) in [7, 11) is 0. The van der Waals surface area contributed by atoms with E-state index in [1.54, 1.807) is 0 Å². The predicted molar refractivity (Wildman–Crippen MR) is 111 cm³/mol. The van der Waals surface area contributed by atoms with E-state index < -0.39 is 0 Å². The third-order valence-electron chi connectivity index (χ3n) is 2.93. The average molecular weight is 330 g/mol. The summed E-state index contributed by atoms with van der Waals surface area (Å²) in [6, 6.07) is 6.10. The highest BCUT2D eigenvalue weighted by Gasteiger charge is 1.89. The van der Waals surface area contributed by atoms with E-state index in [0.717, 1.165) is 12.8 Å². The van der Waals surface area contributed by atoms with Crippen LogP contribution in [-0.4, -0.2) is 4.98 Å². The van der Waals surface area contributed by atoms with E-state index in [4.69, 9.17) is 0 Å². The lowest BCUT2D eigenvalue weighted by Crippen LogP contribution is -1.86. The van der Waals surface area contributed by atoms with Crippen LogP contribution in [0.2, 0.25) is 0 Å². The molecule has 0 N–H and O–H groups in total. The number of allylic oxidation sites excluding steroid dienone is 6. The van der Waals surface area contributed by atoms with Crippen molar-refractivity contribution in [3.63, 3.8) is 0 Å². The van der Waals surface area contributed by atoms with Gasteiger partial charge in [-0.1, -0.05) is 82.6 Å². The van der Waals surface area contributed by atoms with Gasteiger partial charge < -0.3 is 0 Å². The van der Waals surface area contributed by atoms with Crippen LogP contribution in [0.3, 0.4) is 0 Å². The number of hydrogen-bond acceptors (Lipinski definition) is 1. The van der Waals surface area contributed by atoms with Gasteiger partial charge in [-0.2, -0.15) is 0 Å². The number of rotatable bonds is 8. The second kappa shape index (κ2) is 23.6. The zero-order chi connectivity index (χ0) is 18.3. The summed E-state index contributed by atoms with van der Waals surface area (Å²) in [4.78, 5) is 4.29. The Morgan fingerprint density at radius 1 is 0.875 bits per heavy atom. The first-order valence-corrected chi connectivity index (χ1v) is 9.55. The molecule has 24 heavy (non-hydrogen) atoms. The topological polar surface area (TPSA) is 12.9 Å². The van der Waals surface area contributed by atoms with Crippen molar-refractivity contribution in [2.75, 3.05) is 0 Å². The maximum Gasteiger partial charge on any atom is 0.0406 e. The van der Waals surface area contributed by atoms with Gasteiger partial charge in [-0.25, -0.2) is 0 Å². The van der Waals surface area contributed by atoms with Crippen molar-refractivity contribution < 1.29 is 0 Å². The number of aromatic nitrogens is 1. The molecule has 0 aromatic carbocycles. The first kappa shape index (κ1) is 24.6. The molecular formula is C23H39N. The number of hydrogen-bond donors (Lipinski definition) is 0. The predicted octanol–water partition coefficient (Wildman–Crippen LogP) is 7.71. The minimum Gasteiger partial charge on any atom is -0.261 e. The fourth-order valence-corrected chi connectivity index (χ4v) is 1.75. The molecular weight excluding hydrogens is 290 g/mol. The van der Waals surface area contributed by atoms with Crippen molar-refractivity contribution in [1.29, 1.82) is 0 Å². The molecule has 0 aliphatic heterocycles. The Bertz CT molecular complexity index is 391. The van der Waals surface area contributed by atoms with Gasteiger partial charge in [0.05, 0.1) is 0 Å². The molecule has 1 nitrogen and oxygen atoms in total. The zero-order valence-corrected chi connectivity index (χ0v) is 16.7. The van der Waals surface area contributed by atoms with Gasteiger partial charge in [-0.05, 0) is 51.7 Å². The summed E-state index contributed by atoms with van der Waals surface area (Å²) in [6.07, 6.45) is 23.1. The molecule has 0 atom stereocenters. The number of pyridine rings is 1. The standard InChI is InChI=1S/C14H21N.C6H10.C3H8/c1-2-3-4-5-6-7-8-11-14-12-9-10-13-15-14;1-3-5-6-4-2;1-3-2/h6-7,9-10,12-13H,2-5,8,11H2,1H3;3-6H,1-2H3;3H2,1-2H3/b7-6+;5-3-,6-4-;. The van der Waals surface area contributed by atoms with E-state index in [1.807, 2.05) is 56.5 Å². The number of aryl methyl sites for hydroxylation is 1. The fraction of sp³-hybridized carbons (Fsp3) is 0.522. The van der Waals surface area contributed by atoms with Crippen molar-refractivity contribution in [3.8, 4) is 0 Å². The zero-order valence-electron chi connectivity index (χ0n) is 16.7. The maximum absolute atomic E-state index is 4.29. The summed E-state index contributed by atoms with van der Waals surface area (Å²) in [5, 5.41) is 0. The van der Waals surface area contributed by atoms with Gasteiger partial charge in [0.2, 0.25) is 0 Å². The summed E-state index contributed by atoms with van der Waals surface area (Å²) in [6.45, 7) is 10.5. The van der Waals surface area contributed by atoms with Crippen LogP contribution >= 0.6 is 0 Å². The van der Waals surface area contributed by atoms with E-state index >= 15 is 0 Å². The Morgan fingerprint density at radius 3 is 2.00 bits per heavy atom. The highest BCUT2D eigenvalue weighted by Crippen LogP contribution is 2.02. The van der Waals surface area contributed by atoms with Gasteiger partial charge in [0.25, 0.3) is 0 Å². The van der Waals surface area contributed by atoms with Crippen molar-refractivity contribution >= 4 is 0 Å². The summed E-state index contributed by atoms with van der Waals surface area (Å²) < 4.78 is 0. The number of unbranched alkanes of at least 4 members (excludes halogenated alkanes) is 3. The highest BCUT2D eigenvalue weighted by atomic mass is 14.7. The molecule has 0 saturated carbocycles. The Hall–Kier alpha value is -1.63. The van der Waals surface area contributed by atoms with Crippen LogP contribution in [0.1, 0.15) is 78.8 Å². The molecule has 0 aliphatic rings. The first-order chi connectivity index (χ1) is 11.8. The van der Waals surface area contributed by atoms with Crippen LogP contribution in [0.5, 0.6) is 0 Å². The lowest BCUT2D eigenvalue weighted by molar-refractivity contribution is 0.727. The molecule has 0 bridgehead atoms. The molecule has 0 saturated heterocycles. The van der Waals surface area contributed by atoms with Crippen LogP contribution in [0.15, 0.2) is 60.9 Å². The number of nitrogens with zero attached hydrogens (tertiary/aromatic N) is 1. The molecule has 0 unspecified atom stereocenters. The minimum absolute atomic E-state index is 1.06. The molecule has 1 aromatic heterocycles. The lowest BCUT2D eigenvalue weighted by Gasteiger charge is -1.95. The Morgan fingerprint density at radius 2 is 1.50 bits per heavy atom. The largest absolute Gasteiger partial charge is 0.261 e. The maximum atomic E-state index is 4.29. The van der Waals surface area contributed by atoms with E-state index in [-0.39, 0.29) is 0 Å². The van der Waals surface area contributed by atoms with E-state index in [2.05, 4.69) is 44.0 Å². The van der Waals surface area contributed by atoms with E-state index in [1.165, 1.54) is 37.8 Å². The van der Waals surface area contributed by atoms with Crippen LogP contribution in [0.25, 0.3) is 0 Å². The second-order valence-electron chi connectivity index (χ2n) is 5.59. The summed E-state index contributed by atoms with van der Waals surface area (Å²) >= 11 is 0. The summed E-state index contributed by atoms with van der Waals surface area (Å²) in [5.74, 6) is 0.